The van der Waals surface area contributed by atoms with Gasteiger partial charge in [0.25, 0.3) is 5.91 Å². The minimum atomic E-state index is -0.660. The van der Waals surface area contributed by atoms with Crippen LogP contribution in [0.25, 0.3) is 0 Å². The number of amides is 1. The minimum Gasteiger partial charge on any atom is -0.464 e. The second kappa shape index (κ2) is 7.58. The van der Waals surface area contributed by atoms with Gasteiger partial charge in [-0.1, -0.05) is 24.3 Å². The highest BCUT2D eigenvalue weighted by atomic mass is 16.5. The second-order valence-corrected chi connectivity index (χ2v) is 4.23. The highest BCUT2D eigenvalue weighted by molar-refractivity contribution is 6.01. The van der Waals surface area contributed by atoms with E-state index in [0.29, 0.717) is 11.4 Å². The van der Waals surface area contributed by atoms with E-state index in [1.807, 2.05) is 0 Å². The highest BCUT2D eigenvalue weighted by Crippen LogP contribution is 2.04. The molecule has 1 amide bonds. The number of esters is 1. The summed E-state index contributed by atoms with van der Waals surface area (Å²) < 4.78 is 4.66. The van der Waals surface area contributed by atoms with E-state index in [1.165, 1.54) is 13.3 Å². The molecule has 0 bridgehead atoms. The quantitative estimate of drug-likeness (QED) is 0.651. The number of benzene rings is 1. The van der Waals surface area contributed by atoms with Gasteiger partial charge in [-0.25, -0.2) is 9.78 Å². The number of pyridine rings is 1. The molecule has 0 aliphatic carbocycles. The zero-order valence-corrected chi connectivity index (χ0v) is 11.9. The Morgan fingerprint density at radius 3 is 2.45 bits per heavy atom. The van der Waals surface area contributed by atoms with E-state index in [4.69, 9.17) is 0 Å². The molecule has 0 radical (unpaired) electrons. The van der Waals surface area contributed by atoms with Crippen LogP contribution in [-0.4, -0.2) is 24.0 Å². The third-order valence-corrected chi connectivity index (χ3v) is 2.72. The van der Waals surface area contributed by atoms with Crippen molar-refractivity contribution < 1.29 is 14.3 Å². The number of carbonyl (C=O) groups is 2. The molecule has 0 spiro atoms. The molecule has 0 fully saturated rings. The molecule has 0 unspecified atom stereocenters. The second-order valence-electron chi connectivity index (χ2n) is 4.23. The number of methoxy groups -OCH3 is 1. The Labute approximate surface area is 127 Å². The summed E-state index contributed by atoms with van der Waals surface area (Å²) in [5.74, 6) is -0.523. The summed E-state index contributed by atoms with van der Waals surface area (Å²) in [5, 5.41) is 5.34. The van der Waals surface area contributed by atoms with Crippen LogP contribution in [0.3, 0.4) is 0 Å². The number of aromatic nitrogens is 1. The number of anilines is 1. The lowest BCUT2D eigenvalue weighted by molar-refractivity contribution is -0.136. The number of hydrogen-bond donors (Lipinski definition) is 2. The van der Waals surface area contributed by atoms with Crippen molar-refractivity contribution >= 4 is 17.7 Å². The van der Waals surface area contributed by atoms with Crippen molar-refractivity contribution in [3.8, 4) is 0 Å². The number of nitrogens with one attached hydrogen (secondary N) is 2. The maximum atomic E-state index is 12.1. The first-order valence-electron chi connectivity index (χ1n) is 6.53. The standard InChI is InChI=1S/C16H15N3O3/c1-22-16(21)13(11-18-14-9-5-6-10-17-14)19-15(20)12-7-3-2-4-8-12/h2-11H,1H3,(H,17,18)(H,19,20)/b13-11+. The molecule has 1 aromatic carbocycles. The molecule has 6 nitrogen and oxygen atoms in total. The van der Waals surface area contributed by atoms with Crippen molar-refractivity contribution in [3.63, 3.8) is 0 Å². The van der Waals surface area contributed by atoms with Crippen LogP contribution in [0.5, 0.6) is 0 Å². The van der Waals surface area contributed by atoms with E-state index >= 15 is 0 Å². The smallest absolute Gasteiger partial charge is 0.356 e. The van der Waals surface area contributed by atoms with Gasteiger partial charge >= 0.3 is 5.97 Å². The monoisotopic (exact) mass is 297 g/mol. The van der Waals surface area contributed by atoms with Gasteiger partial charge in [-0.3, -0.25) is 4.79 Å². The van der Waals surface area contributed by atoms with Crippen LogP contribution in [0.1, 0.15) is 10.4 Å². The fourth-order valence-corrected chi connectivity index (χ4v) is 1.63. The lowest BCUT2D eigenvalue weighted by atomic mass is 10.2. The molecular formula is C16H15N3O3. The minimum absolute atomic E-state index is 0.0120. The largest absolute Gasteiger partial charge is 0.464 e. The Balaban J connectivity index is 2.13. The van der Waals surface area contributed by atoms with Crippen molar-refractivity contribution in [1.29, 1.82) is 0 Å². The van der Waals surface area contributed by atoms with Crippen LogP contribution in [-0.2, 0) is 9.53 Å². The molecule has 0 atom stereocenters. The van der Waals surface area contributed by atoms with Crippen LogP contribution in [0.4, 0.5) is 5.82 Å². The molecule has 2 rings (SSSR count). The van der Waals surface area contributed by atoms with Crippen molar-refractivity contribution in [2.45, 2.75) is 0 Å². The van der Waals surface area contributed by atoms with E-state index in [-0.39, 0.29) is 5.70 Å². The van der Waals surface area contributed by atoms with Gasteiger partial charge in [-0.2, -0.15) is 0 Å². The summed E-state index contributed by atoms with van der Waals surface area (Å²) in [7, 11) is 1.24. The van der Waals surface area contributed by atoms with Crippen molar-refractivity contribution in [2.75, 3.05) is 12.4 Å². The Morgan fingerprint density at radius 1 is 1.09 bits per heavy atom. The molecule has 0 saturated carbocycles. The maximum Gasteiger partial charge on any atom is 0.356 e. The number of carbonyl (C=O) groups excluding carboxylic acids is 2. The molecule has 22 heavy (non-hydrogen) atoms. The van der Waals surface area contributed by atoms with Crippen molar-refractivity contribution in [2.24, 2.45) is 0 Å². The lowest BCUT2D eigenvalue weighted by Gasteiger charge is -2.09. The molecule has 6 heteroatoms. The molecule has 0 saturated heterocycles. The fourth-order valence-electron chi connectivity index (χ4n) is 1.63. The van der Waals surface area contributed by atoms with Crippen LogP contribution < -0.4 is 10.6 Å². The highest BCUT2D eigenvalue weighted by Gasteiger charge is 2.14. The lowest BCUT2D eigenvalue weighted by Crippen LogP contribution is -2.28. The maximum absolute atomic E-state index is 12.1. The number of ether oxygens (including phenoxy) is 1. The number of hydrogen-bond acceptors (Lipinski definition) is 5. The third kappa shape index (κ3) is 4.17. The Morgan fingerprint density at radius 2 is 1.82 bits per heavy atom. The zero-order chi connectivity index (χ0) is 15.8. The zero-order valence-electron chi connectivity index (χ0n) is 11.9. The normalized spacial score (nSPS) is 10.7. The average Bonchev–Trinajstić information content (AvgIpc) is 2.59. The third-order valence-electron chi connectivity index (χ3n) is 2.72. The van der Waals surface area contributed by atoms with Gasteiger partial charge in [-0.05, 0) is 24.3 Å². The van der Waals surface area contributed by atoms with Gasteiger partial charge < -0.3 is 15.4 Å². The molecular weight excluding hydrogens is 282 g/mol. The predicted octanol–water partition coefficient (Wildman–Crippen LogP) is 1.94. The van der Waals surface area contributed by atoms with Crippen LogP contribution in [0.2, 0.25) is 0 Å². The van der Waals surface area contributed by atoms with Gasteiger partial charge in [-0.15, -0.1) is 0 Å². The summed E-state index contributed by atoms with van der Waals surface area (Å²) >= 11 is 0. The van der Waals surface area contributed by atoms with Gasteiger partial charge in [0.15, 0.2) is 0 Å². The Hall–Kier alpha value is -3.15. The molecule has 112 valence electrons. The van der Waals surface area contributed by atoms with E-state index in [0.717, 1.165) is 0 Å². The Kier molecular flexibility index (Phi) is 5.25. The van der Waals surface area contributed by atoms with E-state index in [2.05, 4.69) is 20.4 Å². The van der Waals surface area contributed by atoms with E-state index in [1.54, 1.807) is 54.7 Å². The summed E-state index contributed by atoms with van der Waals surface area (Å²) in [6.45, 7) is 0. The van der Waals surface area contributed by atoms with Crippen LogP contribution in [0.15, 0.2) is 66.6 Å². The predicted molar refractivity (Wildman–Crippen MR) is 81.9 cm³/mol. The average molecular weight is 297 g/mol. The number of nitrogens with zero attached hydrogens (tertiary/aromatic N) is 1. The molecule has 2 N–H and O–H groups in total. The topological polar surface area (TPSA) is 80.3 Å². The molecule has 1 aromatic heterocycles. The fraction of sp³-hybridized carbons (Fsp3) is 0.0625. The molecule has 0 aliphatic rings. The molecule has 2 aromatic rings. The van der Waals surface area contributed by atoms with E-state index in [9.17, 15) is 9.59 Å². The van der Waals surface area contributed by atoms with Crippen LogP contribution in [0, 0.1) is 0 Å². The summed E-state index contributed by atoms with van der Waals surface area (Å²) in [4.78, 5) is 27.9. The van der Waals surface area contributed by atoms with Gasteiger partial charge in [0, 0.05) is 18.0 Å². The first-order chi connectivity index (χ1) is 10.7. The Bertz CT molecular complexity index is 670. The summed E-state index contributed by atoms with van der Waals surface area (Å²) in [5.41, 5.74) is 0.428. The van der Waals surface area contributed by atoms with Crippen molar-refractivity contribution in [1.82, 2.24) is 10.3 Å². The van der Waals surface area contributed by atoms with Gasteiger partial charge in [0.1, 0.15) is 11.5 Å². The SMILES string of the molecule is COC(=O)/C(=C\Nc1ccccn1)NC(=O)c1ccccc1. The number of rotatable bonds is 5. The summed E-state index contributed by atoms with van der Waals surface area (Å²) in [6.07, 6.45) is 2.95. The van der Waals surface area contributed by atoms with E-state index < -0.39 is 11.9 Å². The first kappa shape index (κ1) is 15.2. The van der Waals surface area contributed by atoms with Gasteiger partial charge in [0.2, 0.25) is 0 Å². The van der Waals surface area contributed by atoms with Crippen molar-refractivity contribution in [3.05, 3.63) is 72.2 Å². The molecule has 0 aliphatic heterocycles. The van der Waals surface area contributed by atoms with Gasteiger partial charge in [0.05, 0.1) is 7.11 Å². The molecule has 1 heterocycles. The summed E-state index contributed by atoms with van der Waals surface area (Å²) in [6, 6.07) is 13.9. The first-order valence-corrected chi connectivity index (χ1v) is 6.53. The van der Waals surface area contributed by atoms with Crippen LogP contribution >= 0.6 is 0 Å².